The van der Waals surface area contributed by atoms with Gasteiger partial charge in [-0.2, -0.15) is 0 Å². The molecular weight excluding hydrogens is 310 g/mol. The lowest BCUT2D eigenvalue weighted by Gasteiger charge is -2.24. The number of terminal acetylenes is 1. The average molecular weight is 333 g/mol. The third kappa shape index (κ3) is 3.39. The maximum absolute atomic E-state index is 12.4. The number of hydrogen-bond donors (Lipinski definition) is 0. The van der Waals surface area contributed by atoms with Crippen LogP contribution in [0.4, 0.5) is 4.79 Å². The molecule has 0 aromatic heterocycles. The van der Waals surface area contributed by atoms with Crippen LogP contribution >= 0.6 is 0 Å². The predicted molar refractivity (Wildman–Crippen MR) is 100 cm³/mol. The lowest BCUT2D eigenvalue weighted by atomic mass is 9.98. The van der Waals surface area contributed by atoms with Crippen LogP contribution in [0.2, 0.25) is 0 Å². The number of carbonyl (C=O) groups is 1. The van der Waals surface area contributed by atoms with E-state index in [2.05, 4.69) is 30.2 Å². The van der Waals surface area contributed by atoms with Crippen LogP contribution in [0.1, 0.15) is 36.8 Å². The van der Waals surface area contributed by atoms with E-state index in [0.717, 1.165) is 6.42 Å². The van der Waals surface area contributed by atoms with Crippen molar-refractivity contribution in [1.82, 2.24) is 4.90 Å². The van der Waals surface area contributed by atoms with E-state index in [0.29, 0.717) is 13.0 Å². The Kier molecular flexibility index (Phi) is 5.09. The summed E-state index contributed by atoms with van der Waals surface area (Å²) in [6.07, 6.45) is 6.43. The molecule has 0 heterocycles. The average Bonchev–Trinajstić information content (AvgIpc) is 2.97. The summed E-state index contributed by atoms with van der Waals surface area (Å²) in [4.78, 5) is 14.0. The molecule has 0 bridgehead atoms. The topological polar surface area (TPSA) is 29.5 Å². The predicted octanol–water partition coefficient (Wildman–Crippen LogP) is 4.67. The van der Waals surface area contributed by atoms with Gasteiger partial charge in [-0.05, 0) is 35.6 Å². The molecule has 0 fully saturated rings. The monoisotopic (exact) mass is 333 g/mol. The zero-order valence-corrected chi connectivity index (χ0v) is 14.7. The van der Waals surface area contributed by atoms with Crippen LogP contribution in [0.5, 0.6) is 0 Å². The quantitative estimate of drug-likeness (QED) is 0.744. The first kappa shape index (κ1) is 17.1. The molecule has 0 unspecified atom stereocenters. The van der Waals surface area contributed by atoms with Crippen molar-refractivity contribution in [3.63, 3.8) is 0 Å². The number of benzene rings is 2. The van der Waals surface area contributed by atoms with Crippen molar-refractivity contribution in [2.45, 2.75) is 31.7 Å². The van der Waals surface area contributed by atoms with E-state index in [1.165, 1.54) is 22.3 Å². The third-order valence-corrected chi connectivity index (χ3v) is 4.99. The molecule has 0 N–H and O–H groups in total. The van der Waals surface area contributed by atoms with Crippen molar-refractivity contribution in [3.8, 4) is 23.5 Å². The Balaban J connectivity index is 1.71. The van der Waals surface area contributed by atoms with Gasteiger partial charge in [-0.25, -0.2) is 4.79 Å². The molecule has 3 rings (SSSR count). The molecule has 0 saturated carbocycles. The summed E-state index contributed by atoms with van der Waals surface area (Å²) < 4.78 is 5.64. The molecule has 25 heavy (non-hydrogen) atoms. The molecule has 0 spiro atoms. The summed E-state index contributed by atoms with van der Waals surface area (Å²) in [6.45, 7) is 2.33. The Morgan fingerprint density at radius 1 is 1.16 bits per heavy atom. The highest BCUT2D eigenvalue weighted by Crippen LogP contribution is 2.44. The Morgan fingerprint density at radius 2 is 1.72 bits per heavy atom. The molecule has 3 heteroatoms. The van der Waals surface area contributed by atoms with E-state index in [1.54, 1.807) is 11.9 Å². The van der Waals surface area contributed by atoms with Gasteiger partial charge in [0.1, 0.15) is 6.61 Å². The van der Waals surface area contributed by atoms with Gasteiger partial charge < -0.3 is 9.64 Å². The van der Waals surface area contributed by atoms with Gasteiger partial charge in [0.15, 0.2) is 0 Å². The molecule has 0 aliphatic heterocycles. The van der Waals surface area contributed by atoms with Crippen molar-refractivity contribution >= 4 is 6.09 Å². The normalized spacial score (nSPS) is 13.5. The van der Waals surface area contributed by atoms with Crippen molar-refractivity contribution < 1.29 is 9.53 Å². The van der Waals surface area contributed by atoms with Crippen LogP contribution < -0.4 is 0 Å². The largest absolute Gasteiger partial charge is 0.448 e. The number of nitrogens with zero attached hydrogens (tertiary/aromatic N) is 1. The SMILES string of the molecule is C#CCC[C@H](C)N(C)C(=O)OCC1c2ccccc2-c2ccccc21. The highest BCUT2D eigenvalue weighted by Gasteiger charge is 2.29. The summed E-state index contributed by atoms with van der Waals surface area (Å²) in [5.74, 6) is 2.70. The molecular formula is C22H23NO2. The third-order valence-electron chi connectivity index (χ3n) is 4.99. The second kappa shape index (κ2) is 7.44. The fourth-order valence-corrected chi connectivity index (χ4v) is 3.36. The van der Waals surface area contributed by atoms with E-state index < -0.39 is 0 Å². The van der Waals surface area contributed by atoms with Crippen molar-refractivity contribution in [3.05, 3.63) is 59.7 Å². The first-order chi connectivity index (χ1) is 12.1. The second-order valence-electron chi connectivity index (χ2n) is 6.51. The fraction of sp³-hybridized carbons (Fsp3) is 0.318. The molecule has 1 amide bonds. The standard InChI is InChI=1S/C22H23NO2/c1-4-5-10-16(2)23(3)22(24)25-15-21-19-13-8-6-11-17(19)18-12-7-9-14-20(18)21/h1,6-9,11-14,16,21H,5,10,15H2,2-3H3/t16-/m0/s1. The van der Waals surface area contributed by atoms with E-state index in [4.69, 9.17) is 11.2 Å². The van der Waals surface area contributed by atoms with Crippen LogP contribution in [-0.4, -0.2) is 30.7 Å². The maximum atomic E-state index is 12.4. The van der Waals surface area contributed by atoms with Gasteiger partial charge >= 0.3 is 6.09 Å². The molecule has 0 radical (unpaired) electrons. The minimum atomic E-state index is -0.300. The maximum Gasteiger partial charge on any atom is 0.409 e. The number of hydrogen-bond acceptors (Lipinski definition) is 2. The van der Waals surface area contributed by atoms with E-state index in [1.807, 2.05) is 31.2 Å². The van der Waals surface area contributed by atoms with Gasteiger partial charge in [0.05, 0.1) is 0 Å². The summed E-state index contributed by atoms with van der Waals surface area (Å²) in [5.41, 5.74) is 4.91. The molecule has 2 aromatic rings. The second-order valence-corrected chi connectivity index (χ2v) is 6.51. The van der Waals surface area contributed by atoms with Crippen molar-refractivity contribution in [1.29, 1.82) is 0 Å². The molecule has 1 aliphatic rings. The number of rotatable bonds is 5. The minimum absolute atomic E-state index is 0.0618. The van der Waals surface area contributed by atoms with E-state index in [9.17, 15) is 4.79 Å². The molecule has 0 saturated heterocycles. The zero-order valence-electron chi connectivity index (χ0n) is 14.7. The zero-order chi connectivity index (χ0) is 17.8. The number of amides is 1. The van der Waals surface area contributed by atoms with E-state index in [-0.39, 0.29) is 18.1 Å². The Hall–Kier alpha value is -2.73. The van der Waals surface area contributed by atoms with Crippen LogP contribution in [0.25, 0.3) is 11.1 Å². The van der Waals surface area contributed by atoms with Gasteiger partial charge in [-0.15, -0.1) is 12.3 Å². The van der Waals surface area contributed by atoms with Gasteiger partial charge in [-0.3, -0.25) is 0 Å². The smallest absolute Gasteiger partial charge is 0.409 e. The summed E-state index contributed by atoms with van der Waals surface area (Å²) >= 11 is 0. The summed E-state index contributed by atoms with van der Waals surface area (Å²) in [7, 11) is 1.76. The minimum Gasteiger partial charge on any atom is -0.448 e. The fourth-order valence-electron chi connectivity index (χ4n) is 3.36. The molecule has 1 atom stereocenters. The van der Waals surface area contributed by atoms with Gasteiger partial charge in [-0.1, -0.05) is 48.5 Å². The van der Waals surface area contributed by atoms with Gasteiger partial charge in [0, 0.05) is 25.4 Å². The lowest BCUT2D eigenvalue weighted by Crippen LogP contribution is -2.36. The Labute approximate surface area is 149 Å². The Bertz CT molecular complexity index is 760. The first-order valence-electron chi connectivity index (χ1n) is 8.64. The number of carbonyl (C=O) groups excluding carboxylic acids is 1. The van der Waals surface area contributed by atoms with Crippen LogP contribution in [-0.2, 0) is 4.74 Å². The molecule has 128 valence electrons. The van der Waals surface area contributed by atoms with E-state index >= 15 is 0 Å². The first-order valence-corrected chi connectivity index (χ1v) is 8.64. The highest BCUT2D eigenvalue weighted by atomic mass is 16.6. The summed E-state index contributed by atoms with van der Waals surface area (Å²) in [6, 6.07) is 16.7. The number of fused-ring (bicyclic) bond motifs is 3. The summed E-state index contributed by atoms with van der Waals surface area (Å²) in [5, 5.41) is 0. The van der Waals surface area contributed by atoms with Crippen LogP contribution in [0.15, 0.2) is 48.5 Å². The Morgan fingerprint density at radius 3 is 2.28 bits per heavy atom. The van der Waals surface area contributed by atoms with Crippen molar-refractivity contribution in [2.24, 2.45) is 0 Å². The van der Waals surface area contributed by atoms with Gasteiger partial charge in [0.2, 0.25) is 0 Å². The molecule has 1 aliphatic carbocycles. The molecule has 3 nitrogen and oxygen atoms in total. The van der Waals surface area contributed by atoms with Crippen molar-refractivity contribution in [2.75, 3.05) is 13.7 Å². The molecule has 2 aromatic carbocycles. The lowest BCUT2D eigenvalue weighted by molar-refractivity contribution is 0.0959. The van der Waals surface area contributed by atoms with Crippen LogP contribution in [0.3, 0.4) is 0 Å². The highest BCUT2D eigenvalue weighted by molar-refractivity contribution is 5.79. The van der Waals surface area contributed by atoms with Gasteiger partial charge in [0.25, 0.3) is 0 Å². The number of ether oxygens (including phenoxy) is 1. The van der Waals surface area contributed by atoms with Crippen LogP contribution in [0, 0.1) is 12.3 Å².